The number of anilines is 1. The van der Waals surface area contributed by atoms with Gasteiger partial charge in [-0.2, -0.15) is 0 Å². The summed E-state index contributed by atoms with van der Waals surface area (Å²) in [6.07, 6.45) is 1.02. The highest BCUT2D eigenvalue weighted by molar-refractivity contribution is 6.13. The number of aromatic carboxylic acids is 1. The highest BCUT2D eigenvalue weighted by Gasteiger charge is 2.56. The summed E-state index contributed by atoms with van der Waals surface area (Å²) in [4.78, 5) is 34.9. The standard InChI is InChI=1S/C14H16N2O4/c1-8-3-4-9(11(17)18)7-10(8)16-13(20)14(5-6-14)12(19)15-2/h3-4,7H,5-6H2,1-2H3,(H,15,19)(H,16,20)(H,17,18). The quantitative estimate of drug-likeness (QED) is 0.719. The minimum absolute atomic E-state index is 0.0932. The van der Waals surface area contributed by atoms with Crippen LogP contribution in [0.25, 0.3) is 0 Å². The number of amides is 2. The Balaban J connectivity index is 2.22. The number of aryl methyl sites for hydroxylation is 1. The molecule has 1 aliphatic carbocycles. The normalized spacial score (nSPS) is 15.3. The van der Waals surface area contributed by atoms with E-state index in [1.54, 1.807) is 13.0 Å². The Morgan fingerprint density at radius 3 is 2.35 bits per heavy atom. The molecule has 20 heavy (non-hydrogen) atoms. The molecular formula is C14H16N2O4. The number of rotatable bonds is 4. The summed E-state index contributed by atoms with van der Waals surface area (Å²) in [5, 5.41) is 14.1. The Hall–Kier alpha value is -2.37. The largest absolute Gasteiger partial charge is 0.478 e. The molecule has 1 aromatic rings. The molecule has 0 saturated heterocycles. The number of hydrogen-bond donors (Lipinski definition) is 3. The molecule has 6 nitrogen and oxygen atoms in total. The molecule has 1 saturated carbocycles. The molecule has 2 rings (SSSR count). The first-order valence-corrected chi connectivity index (χ1v) is 6.28. The van der Waals surface area contributed by atoms with Crippen LogP contribution in [0.3, 0.4) is 0 Å². The molecule has 2 amide bonds. The minimum Gasteiger partial charge on any atom is -0.478 e. The number of benzene rings is 1. The van der Waals surface area contributed by atoms with Crippen molar-refractivity contribution in [2.75, 3.05) is 12.4 Å². The van der Waals surface area contributed by atoms with Gasteiger partial charge in [0.05, 0.1) is 5.56 Å². The first-order valence-electron chi connectivity index (χ1n) is 6.28. The van der Waals surface area contributed by atoms with E-state index in [4.69, 9.17) is 5.11 Å². The van der Waals surface area contributed by atoms with E-state index in [-0.39, 0.29) is 17.4 Å². The highest BCUT2D eigenvalue weighted by Crippen LogP contribution is 2.46. The van der Waals surface area contributed by atoms with Gasteiger partial charge in [-0.05, 0) is 37.5 Å². The highest BCUT2D eigenvalue weighted by atomic mass is 16.4. The number of carboxylic acids is 1. The lowest BCUT2D eigenvalue weighted by atomic mass is 10.0. The molecule has 0 heterocycles. The lowest BCUT2D eigenvalue weighted by Crippen LogP contribution is -2.38. The Labute approximate surface area is 116 Å². The maximum absolute atomic E-state index is 12.2. The van der Waals surface area contributed by atoms with Gasteiger partial charge in [-0.1, -0.05) is 6.07 Å². The lowest BCUT2D eigenvalue weighted by Gasteiger charge is -2.15. The predicted molar refractivity (Wildman–Crippen MR) is 72.5 cm³/mol. The van der Waals surface area contributed by atoms with Crippen molar-refractivity contribution < 1.29 is 19.5 Å². The topological polar surface area (TPSA) is 95.5 Å². The first kappa shape index (κ1) is 14.0. The van der Waals surface area contributed by atoms with Crippen molar-refractivity contribution in [1.29, 1.82) is 0 Å². The molecule has 0 unspecified atom stereocenters. The summed E-state index contributed by atoms with van der Waals surface area (Å²) in [7, 11) is 1.49. The van der Waals surface area contributed by atoms with Crippen LogP contribution >= 0.6 is 0 Å². The summed E-state index contributed by atoms with van der Waals surface area (Å²) in [6.45, 7) is 1.76. The molecule has 1 aromatic carbocycles. The van der Waals surface area contributed by atoms with Crippen molar-refractivity contribution in [3.8, 4) is 0 Å². The van der Waals surface area contributed by atoms with Crippen LogP contribution in [0.1, 0.15) is 28.8 Å². The SMILES string of the molecule is CNC(=O)C1(C(=O)Nc2cc(C(=O)O)ccc2C)CC1. The number of nitrogens with one attached hydrogen (secondary N) is 2. The van der Waals surface area contributed by atoms with E-state index in [0.717, 1.165) is 5.56 Å². The molecule has 106 valence electrons. The fourth-order valence-electron chi connectivity index (χ4n) is 2.05. The molecule has 1 fully saturated rings. The van der Waals surface area contributed by atoms with Crippen LogP contribution in [0, 0.1) is 12.3 Å². The van der Waals surface area contributed by atoms with Crippen LogP contribution in [-0.2, 0) is 9.59 Å². The van der Waals surface area contributed by atoms with Crippen molar-refractivity contribution in [2.24, 2.45) is 5.41 Å². The second-order valence-electron chi connectivity index (χ2n) is 4.95. The molecule has 0 bridgehead atoms. The Bertz CT molecular complexity index is 591. The summed E-state index contributed by atoms with van der Waals surface area (Å²) in [5.74, 6) is -1.75. The van der Waals surface area contributed by atoms with Gasteiger partial charge in [-0.15, -0.1) is 0 Å². The second-order valence-corrected chi connectivity index (χ2v) is 4.95. The van der Waals surface area contributed by atoms with Gasteiger partial charge >= 0.3 is 5.97 Å². The summed E-state index contributed by atoms with van der Waals surface area (Å²) in [5.41, 5.74) is 0.261. The van der Waals surface area contributed by atoms with Gasteiger partial charge in [-0.25, -0.2) is 4.79 Å². The third-order valence-electron chi connectivity index (χ3n) is 3.58. The van der Waals surface area contributed by atoms with Crippen LogP contribution in [0.4, 0.5) is 5.69 Å². The van der Waals surface area contributed by atoms with Crippen LogP contribution in [0.15, 0.2) is 18.2 Å². The van der Waals surface area contributed by atoms with E-state index in [9.17, 15) is 14.4 Å². The smallest absolute Gasteiger partial charge is 0.335 e. The van der Waals surface area contributed by atoms with E-state index >= 15 is 0 Å². The molecule has 6 heteroatoms. The molecule has 0 aliphatic heterocycles. The predicted octanol–water partition coefficient (Wildman–Crippen LogP) is 1.16. The molecule has 3 N–H and O–H groups in total. The van der Waals surface area contributed by atoms with E-state index < -0.39 is 11.4 Å². The average Bonchev–Trinajstić information content (AvgIpc) is 3.21. The number of carboxylic acid groups (broad SMARTS) is 1. The van der Waals surface area contributed by atoms with Crippen molar-refractivity contribution in [2.45, 2.75) is 19.8 Å². The van der Waals surface area contributed by atoms with Gasteiger partial charge in [0, 0.05) is 12.7 Å². The maximum atomic E-state index is 12.2. The zero-order chi connectivity index (χ0) is 14.9. The van der Waals surface area contributed by atoms with Crippen molar-refractivity contribution in [3.63, 3.8) is 0 Å². The van der Waals surface area contributed by atoms with E-state index in [1.807, 2.05) is 0 Å². The van der Waals surface area contributed by atoms with Crippen molar-refractivity contribution in [3.05, 3.63) is 29.3 Å². The third-order valence-corrected chi connectivity index (χ3v) is 3.58. The number of carbonyl (C=O) groups excluding carboxylic acids is 2. The Morgan fingerprint density at radius 2 is 1.85 bits per heavy atom. The molecule has 0 atom stereocenters. The van der Waals surface area contributed by atoms with Gasteiger partial charge < -0.3 is 15.7 Å². The van der Waals surface area contributed by atoms with Crippen LogP contribution < -0.4 is 10.6 Å². The average molecular weight is 276 g/mol. The zero-order valence-electron chi connectivity index (χ0n) is 11.3. The molecule has 0 aromatic heterocycles. The molecular weight excluding hydrogens is 260 g/mol. The lowest BCUT2D eigenvalue weighted by molar-refractivity contribution is -0.134. The van der Waals surface area contributed by atoms with Gasteiger partial charge in [0.2, 0.25) is 11.8 Å². The summed E-state index contributed by atoms with van der Waals surface area (Å²) in [6, 6.07) is 4.49. The van der Waals surface area contributed by atoms with Crippen LogP contribution in [0.2, 0.25) is 0 Å². The number of carbonyl (C=O) groups is 3. The Morgan fingerprint density at radius 1 is 1.20 bits per heavy atom. The van der Waals surface area contributed by atoms with Crippen molar-refractivity contribution in [1.82, 2.24) is 5.32 Å². The molecule has 0 spiro atoms. The van der Waals surface area contributed by atoms with Gasteiger partial charge in [0.25, 0.3) is 0 Å². The van der Waals surface area contributed by atoms with E-state index in [2.05, 4.69) is 10.6 Å². The third kappa shape index (κ3) is 2.36. The fourth-order valence-corrected chi connectivity index (χ4v) is 2.05. The number of hydrogen-bond acceptors (Lipinski definition) is 3. The molecule has 1 aliphatic rings. The van der Waals surface area contributed by atoms with Gasteiger partial charge in [0.1, 0.15) is 5.41 Å². The minimum atomic E-state index is -1.06. The maximum Gasteiger partial charge on any atom is 0.335 e. The van der Waals surface area contributed by atoms with E-state index in [0.29, 0.717) is 18.5 Å². The zero-order valence-corrected chi connectivity index (χ0v) is 11.3. The fraction of sp³-hybridized carbons (Fsp3) is 0.357. The second kappa shape index (κ2) is 4.96. The molecule has 0 radical (unpaired) electrons. The van der Waals surface area contributed by atoms with Gasteiger partial charge in [0.15, 0.2) is 0 Å². The van der Waals surface area contributed by atoms with Crippen LogP contribution in [0.5, 0.6) is 0 Å². The first-order chi connectivity index (χ1) is 9.40. The van der Waals surface area contributed by atoms with Crippen LogP contribution in [-0.4, -0.2) is 29.9 Å². The van der Waals surface area contributed by atoms with E-state index in [1.165, 1.54) is 19.2 Å². The van der Waals surface area contributed by atoms with Crippen molar-refractivity contribution >= 4 is 23.5 Å². The summed E-state index contributed by atoms with van der Waals surface area (Å²) >= 11 is 0. The monoisotopic (exact) mass is 276 g/mol. The van der Waals surface area contributed by atoms with Gasteiger partial charge in [-0.3, -0.25) is 9.59 Å². The summed E-state index contributed by atoms with van der Waals surface area (Å²) < 4.78 is 0. The Kier molecular flexibility index (Phi) is 3.48.